The van der Waals surface area contributed by atoms with Crippen molar-refractivity contribution in [3.63, 3.8) is 0 Å². The van der Waals surface area contributed by atoms with Crippen molar-refractivity contribution in [3.8, 4) is 0 Å². The summed E-state index contributed by atoms with van der Waals surface area (Å²) in [6.45, 7) is 4.08. The van der Waals surface area contributed by atoms with Gasteiger partial charge in [0, 0.05) is 29.2 Å². The van der Waals surface area contributed by atoms with Gasteiger partial charge in [0.1, 0.15) is 11.9 Å². The Kier molecular flexibility index (Phi) is 6.97. The quantitative estimate of drug-likeness (QED) is 0.545. The van der Waals surface area contributed by atoms with Crippen LogP contribution >= 0.6 is 11.6 Å². The van der Waals surface area contributed by atoms with E-state index in [2.05, 4.69) is 20.3 Å². The molecule has 1 atom stereocenters. The zero-order chi connectivity index (χ0) is 22.6. The van der Waals surface area contributed by atoms with Crippen LogP contribution in [-0.4, -0.2) is 45.2 Å². The average molecular weight is 463 g/mol. The van der Waals surface area contributed by atoms with Gasteiger partial charge in [-0.1, -0.05) is 37.6 Å². The molecule has 3 rings (SSSR count). The van der Waals surface area contributed by atoms with E-state index >= 15 is 0 Å². The molecule has 3 N–H and O–H groups in total. The van der Waals surface area contributed by atoms with Crippen LogP contribution in [0, 0.1) is 5.92 Å². The minimum absolute atomic E-state index is 0.140. The van der Waals surface area contributed by atoms with Crippen molar-refractivity contribution in [2.75, 3.05) is 13.1 Å². The van der Waals surface area contributed by atoms with Crippen LogP contribution in [0.1, 0.15) is 29.8 Å². The molecule has 0 spiro atoms. The first-order valence-corrected chi connectivity index (χ1v) is 11.6. The van der Waals surface area contributed by atoms with Crippen LogP contribution in [0.5, 0.6) is 0 Å². The standard InChI is InChI=1S/C21H23ClN4O4S/c1-13(2)18(25-19-16-5-3-4-6-17(16)31(29,30)26-19)21(28)24-12-11-23-20(27)14-7-9-15(22)10-8-14/h3-10,13,18H,11-12H2,1-2H3,(H,23,27)(H,24,28)(H,25,26)/t18-/m0/s1. The van der Waals surface area contributed by atoms with Crippen molar-refractivity contribution in [1.29, 1.82) is 0 Å². The van der Waals surface area contributed by atoms with Crippen LogP contribution in [0.2, 0.25) is 5.02 Å². The van der Waals surface area contributed by atoms with Gasteiger partial charge in [-0.3, -0.25) is 19.3 Å². The summed E-state index contributed by atoms with van der Waals surface area (Å²) in [6, 6.07) is 12.2. The Labute approximate surface area is 186 Å². The SMILES string of the molecule is CC(C)[C@H](N=C1NS(=O)(=O)c2ccccc21)C(=O)NCCNC(=O)c1ccc(Cl)cc1. The van der Waals surface area contributed by atoms with Gasteiger partial charge < -0.3 is 10.6 Å². The summed E-state index contributed by atoms with van der Waals surface area (Å²) < 4.78 is 26.9. The highest BCUT2D eigenvalue weighted by Gasteiger charge is 2.32. The van der Waals surface area contributed by atoms with E-state index in [1.165, 1.54) is 6.07 Å². The lowest BCUT2D eigenvalue weighted by Gasteiger charge is -2.17. The monoisotopic (exact) mass is 462 g/mol. The molecular formula is C21H23ClN4O4S. The molecule has 0 aromatic heterocycles. The second-order valence-corrected chi connectivity index (χ2v) is 9.41. The average Bonchev–Trinajstić information content (AvgIpc) is 2.99. The number of fused-ring (bicyclic) bond motifs is 1. The van der Waals surface area contributed by atoms with Crippen molar-refractivity contribution in [2.24, 2.45) is 10.9 Å². The minimum atomic E-state index is -3.68. The van der Waals surface area contributed by atoms with E-state index < -0.39 is 16.1 Å². The zero-order valence-corrected chi connectivity index (χ0v) is 18.6. The van der Waals surface area contributed by atoms with Crippen molar-refractivity contribution < 1.29 is 18.0 Å². The molecule has 2 aromatic rings. The third-order valence-electron chi connectivity index (χ3n) is 4.65. The number of aliphatic imine (C=N–C) groups is 1. The van der Waals surface area contributed by atoms with E-state index in [0.29, 0.717) is 16.1 Å². The molecule has 0 unspecified atom stereocenters. The molecule has 1 heterocycles. The first kappa shape index (κ1) is 22.8. The van der Waals surface area contributed by atoms with Gasteiger partial charge in [0.15, 0.2) is 0 Å². The molecule has 31 heavy (non-hydrogen) atoms. The number of rotatable bonds is 7. The maximum Gasteiger partial charge on any atom is 0.263 e. The molecule has 0 fully saturated rings. The van der Waals surface area contributed by atoms with E-state index in [-0.39, 0.29) is 41.6 Å². The third-order valence-corrected chi connectivity index (χ3v) is 6.30. The van der Waals surface area contributed by atoms with E-state index in [1.807, 2.05) is 13.8 Å². The predicted molar refractivity (Wildman–Crippen MR) is 119 cm³/mol. The molecule has 0 bridgehead atoms. The fourth-order valence-corrected chi connectivity index (χ4v) is 4.41. The van der Waals surface area contributed by atoms with Gasteiger partial charge in [0.2, 0.25) is 5.91 Å². The zero-order valence-electron chi connectivity index (χ0n) is 17.1. The van der Waals surface area contributed by atoms with Crippen LogP contribution < -0.4 is 15.4 Å². The molecule has 2 aromatic carbocycles. The normalized spacial score (nSPS) is 16.5. The largest absolute Gasteiger partial charge is 0.352 e. The Morgan fingerprint density at radius 1 is 1.03 bits per heavy atom. The number of carbonyl (C=O) groups excluding carboxylic acids is 2. The molecule has 1 aliphatic rings. The lowest BCUT2D eigenvalue weighted by molar-refractivity contribution is -0.123. The van der Waals surface area contributed by atoms with Crippen molar-refractivity contribution in [3.05, 3.63) is 64.7 Å². The second-order valence-electron chi connectivity index (χ2n) is 7.32. The molecule has 10 heteroatoms. The van der Waals surface area contributed by atoms with Crippen LogP contribution in [0.3, 0.4) is 0 Å². The van der Waals surface area contributed by atoms with E-state index in [9.17, 15) is 18.0 Å². The van der Waals surface area contributed by atoms with E-state index in [0.717, 1.165) is 0 Å². The second kappa shape index (κ2) is 9.49. The molecule has 0 saturated carbocycles. The summed E-state index contributed by atoms with van der Waals surface area (Å²) in [5.74, 6) is -0.649. The van der Waals surface area contributed by atoms with Crippen molar-refractivity contribution >= 4 is 39.3 Å². The number of nitrogens with one attached hydrogen (secondary N) is 3. The Morgan fingerprint density at radius 3 is 2.35 bits per heavy atom. The molecule has 0 aliphatic carbocycles. The lowest BCUT2D eigenvalue weighted by atomic mass is 10.0. The summed E-state index contributed by atoms with van der Waals surface area (Å²) in [7, 11) is -3.68. The smallest absolute Gasteiger partial charge is 0.263 e. The molecular weight excluding hydrogens is 440 g/mol. The molecule has 164 valence electrons. The molecule has 2 amide bonds. The lowest BCUT2D eigenvalue weighted by Crippen LogP contribution is -2.42. The Balaban J connectivity index is 1.61. The number of carbonyl (C=O) groups is 2. The van der Waals surface area contributed by atoms with E-state index in [4.69, 9.17) is 11.6 Å². The maximum atomic E-state index is 12.7. The number of hydrogen-bond donors (Lipinski definition) is 3. The highest BCUT2D eigenvalue weighted by molar-refractivity contribution is 7.90. The summed E-state index contributed by atoms with van der Waals surface area (Å²) >= 11 is 5.81. The Morgan fingerprint density at radius 2 is 1.68 bits per heavy atom. The highest BCUT2D eigenvalue weighted by atomic mass is 35.5. The van der Waals surface area contributed by atoms with Crippen LogP contribution in [0.15, 0.2) is 58.4 Å². The van der Waals surface area contributed by atoms with Gasteiger partial charge in [-0.15, -0.1) is 0 Å². The first-order valence-electron chi connectivity index (χ1n) is 9.70. The van der Waals surface area contributed by atoms with Crippen molar-refractivity contribution in [2.45, 2.75) is 24.8 Å². The van der Waals surface area contributed by atoms with Gasteiger partial charge in [-0.2, -0.15) is 0 Å². The first-order chi connectivity index (χ1) is 14.7. The third kappa shape index (κ3) is 5.42. The van der Waals surface area contributed by atoms with Crippen LogP contribution in [-0.2, 0) is 14.8 Å². The van der Waals surface area contributed by atoms with Gasteiger partial charge in [-0.25, -0.2) is 8.42 Å². The van der Waals surface area contributed by atoms with Crippen LogP contribution in [0.25, 0.3) is 0 Å². The number of halogens is 1. The molecule has 1 aliphatic heterocycles. The summed E-state index contributed by atoms with van der Waals surface area (Å²) in [5.41, 5.74) is 0.908. The number of nitrogens with zero attached hydrogens (tertiary/aromatic N) is 1. The number of amidine groups is 1. The van der Waals surface area contributed by atoms with Gasteiger partial charge in [0.05, 0.1) is 4.90 Å². The van der Waals surface area contributed by atoms with Crippen LogP contribution in [0.4, 0.5) is 0 Å². The molecule has 0 radical (unpaired) electrons. The summed E-state index contributed by atoms with van der Waals surface area (Å²) in [5, 5.41) is 5.99. The van der Waals surface area contributed by atoms with Gasteiger partial charge in [-0.05, 0) is 42.3 Å². The topological polar surface area (TPSA) is 117 Å². The fourth-order valence-electron chi connectivity index (χ4n) is 3.05. The predicted octanol–water partition coefficient (Wildman–Crippen LogP) is 1.95. The maximum absolute atomic E-state index is 12.7. The molecule has 8 nitrogen and oxygen atoms in total. The minimum Gasteiger partial charge on any atom is -0.352 e. The van der Waals surface area contributed by atoms with Gasteiger partial charge in [0.25, 0.3) is 15.9 Å². The number of amides is 2. The Bertz CT molecular complexity index is 1110. The number of benzene rings is 2. The van der Waals surface area contributed by atoms with Gasteiger partial charge >= 0.3 is 0 Å². The Hall–Kier alpha value is -2.91. The molecule has 0 saturated heterocycles. The number of hydrogen-bond acceptors (Lipinski definition) is 5. The number of sulfonamides is 1. The van der Waals surface area contributed by atoms with Crippen molar-refractivity contribution in [1.82, 2.24) is 15.4 Å². The highest BCUT2D eigenvalue weighted by Crippen LogP contribution is 2.23. The summed E-state index contributed by atoms with van der Waals surface area (Å²) in [4.78, 5) is 29.3. The summed E-state index contributed by atoms with van der Waals surface area (Å²) in [6.07, 6.45) is 0. The van der Waals surface area contributed by atoms with E-state index in [1.54, 1.807) is 42.5 Å². The fraction of sp³-hybridized carbons (Fsp3) is 0.286.